The van der Waals surface area contributed by atoms with Crippen LogP contribution in [0.25, 0.3) is 0 Å². The number of hydrogen-bond acceptors (Lipinski definition) is 3. The van der Waals surface area contributed by atoms with Crippen LogP contribution in [-0.2, 0) is 9.53 Å². The third kappa shape index (κ3) is 4.94. The molecule has 0 heterocycles. The van der Waals surface area contributed by atoms with Crippen molar-refractivity contribution >= 4 is 28.9 Å². The number of nitrogen functional groups attached to an aromatic ring is 1. The van der Waals surface area contributed by atoms with E-state index >= 15 is 0 Å². The van der Waals surface area contributed by atoms with Gasteiger partial charge in [0.1, 0.15) is 6.61 Å². The highest BCUT2D eigenvalue weighted by Gasteiger charge is 2.07. The summed E-state index contributed by atoms with van der Waals surface area (Å²) in [5.74, 6) is -0.195. The van der Waals surface area contributed by atoms with Gasteiger partial charge >= 0.3 is 0 Å². The number of hydrogen-bond donors (Lipinski definition) is 2. The lowest BCUT2D eigenvalue weighted by molar-refractivity contribution is -0.122. The first-order valence-corrected chi connectivity index (χ1v) is 6.37. The van der Waals surface area contributed by atoms with Gasteiger partial charge in [0.2, 0.25) is 5.91 Å². The highest BCUT2D eigenvalue weighted by Crippen LogP contribution is 2.22. The van der Waals surface area contributed by atoms with Crippen molar-refractivity contribution in [3.05, 3.63) is 23.2 Å². The number of amides is 1. The lowest BCUT2D eigenvalue weighted by atomic mass is 10.2. The number of ether oxygens (including phenoxy) is 1. The molecule has 0 aliphatic rings. The lowest BCUT2D eigenvalue weighted by Crippen LogP contribution is -2.21. The molecule has 1 aromatic carbocycles. The van der Waals surface area contributed by atoms with Crippen LogP contribution in [0.2, 0.25) is 5.02 Å². The van der Waals surface area contributed by atoms with Crippen LogP contribution < -0.4 is 11.1 Å². The number of benzene rings is 1. The van der Waals surface area contributed by atoms with E-state index in [1.807, 2.05) is 6.92 Å². The molecule has 3 N–H and O–H groups in total. The van der Waals surface area contributed by atoms with Gasteiger partial charge in [-0.15, -0.1) is 0 Å². The van der Waals surface area contributed by atoms with Crippen LogP contribution in [0.1, 0.15) is 26.7 Å². The second-order valence-electron chi connectivity index (χ2n) is 4.19. The molecule has 100 valence electrons. The Morgan fingerprint density at radius 1 is 1.56 bits per heavy atom. The predicted molar refractivity (Wildman–Crippen MR) is 74.8 cm³/mol. The van der Waals surface area contributed by atoms with Crippen molar-refractivity contribution in [3.63, 3.8) is 0 Å². The monoisotopic (exact) mass is 270 g/mol. The molecule has 4 nitrogen and oxygen atoms in total. The highest BCUT2D eigenvalue weighted by atomic mass is 35.5. The number of rotatable bonds is 6. The van der Waals surface area contributed by atoms with E-state index in [0.717, 1.165) is 12.8 Å². The van der Waals surface area contributed by atoms with Gasteiger partial charge in [0.05, 0.1) is 16.8 Å². The van der Waals surface area contributed by atoms with Crippen LogP contribution in [0.4, 0.5) is 11.4 Å². The Morgan fingerprint density at radius 3 is 2.89 bits per heavy atom. The summed E-state index contributed by atoms with van der Waals surface area (Å²) < 4.78 is 5.40. The normalized spacial score (nSPS) is 12.2. The molecule has 1 aromatic rings. The fourth-order valence-electron chi connectivity index (χ4n) is 1.53. The third-order valence-corrected chi connectivity index (χ3v) is 2.82. The maximum absolute atomic E-state index is 11.6. The van der Waals surface area contributed by atoms with Crippen LogP contribution in [-0.4, -0.2) is 18.6 Å². The van der Waals surface area contributed by atoms with Crippen molar-refractivity contribution in [1.82, 2.24) is 0 Å². The Balaban J connectivity index is 2.42. The fourth-order valence-corrected chi connectivity index (χ4v) is 1.64. The maximum atomic E-state index is 11.6. The van der Waals surface area contributed by atoms with Crippen LogP contribution in [0, 0.1) is 0 Å². The quantitative estimate of drug-likeness (QED) is 0.781. The summed E-state index contributed by atoms with van der Waals surface area (Å²) in [5.41, 5.74) is 6.70. The standard InChI is InChI=1S/C13H19ClN2O2/c1-3-4-9(2)18-8-13(17)16-10-5-6-11(14)12(15)7-10/h5-7,9H,3-4,8,15H2,1-2H3,(H,16,17). The van der Waals surface area contributed by atoms with Crippen LogP contribution in [0.3, 0.4) is 0 Å². The minimum atomic E-state index is -0.195. The predicted octanol–water partition coefficient (Wildman–Crippen LogP) is 3.07. The van der Waals surface area contributed by atoms with E-state index in [-0.39, 0.29) is 18.6 Å². The summed E-state index contributed by atoms with van der Waals surface area (Å²) in [6.07, 6.45) is 2.08. The van der Waals surface area contributed by atoms with Gasteiger partial charge < -0.3 is 15.8 Å². The van der Waals surface area contributed by atoms with Crippen LogP contribution in [0.15, 0.2) is 18.2 Å². The molecule has 0 aromatic heterocycles. The number of carbonyl (C=O) groups is 1. The Kier molecular flexibility index (Phi) is 5.95. The van der Waals surface area contributed by atoms with E-state index in [1.54, 1.807) is 18.2 Å². The first-order valence-electron chi connectivity index (χ1n) is 5.99. The van der Waals surface area contributed by atoms with Crippen molar-refractivity contribution in [2.24, 2.45) is 0 Å². The second-order valence-corrected chi connectivity index (χ2v) is 4.60. The van der Waals surface area contributed by atoms with E-state index in [1.165, 1.54) is 0 Å². The topological polar surface area (TPSA) is 64.3 Å². The Morgan fingerprint density at radius 2 is 2.28 bits per heavy atom. The van der Waals surface area contributed by atoms with E-state index in [9.17, 15) is 4.79 Å². The van der Waals surface area contributed by atoms with E-state index < -0.39 is 0 Å². The molecule has 0 saturated heterocycles. The van der Waals surface area contributed by atoms with Crippen molar-refractivity contribution in [2.45, 2.75) is 32.8 Å². The van der Waals surface area contributed by atoms with Gasteiger partial charge in [-0.05, 0) is 31.5 Å². The van der Waals surface area contributed by atoms with E-state index in [4.69, 9.17) is 22.1 Å². The Labute approximate surface area is 112 Å². The van der Waals surface area contributed by atoms with Gasteiger partial charge in [0.25, 0.3) is 0 Å². The van der Waals surface area contributed by atoms with Gasteiger partial charge in [-0.1, -0.05) is 24.9 Å². The van der Waals surface area contributed by atoms with Gasteiger partial charge in [-0.25, -0.2) is 0 Å². The van der Waals surface area contributed by atoms with Gasteiger partial charge in [0.15, 0.2) is 0 Å². The summed E-state index contributed by atoms with van der Waals surface area (Å²) in [4.78, 5) is 11.6. The van der Waals surface area contributed by atoms with Gasteiger partial charge in [-0.3, -0.25) is 4.79 Å². The number of halogens is 1. The molecule has 0 aliphatic carbocycles. The summed E-state index contributed by atoms with van der Waals surface area (Å²) in [5, 5.41) is 3.18. The van der Waals surface area contributed by atoms with Gasteiger partial charge in [0, 0.05) is 5.69 Å². The molecule has 0 radical (unpaired) electrons. The van der Waals surface area contributed by atoms with Crippen molar-refractivity contribution in [3.8, 4) is 0 Å². The summed E-state index contributed by atoms with van der Waals surface area (Å²) in [6.45, 7) is 4.08. The minimum Gasteiger partial charge on any atom is -0.397 e. The molecule has 18 heavy (non-hydrogen) atoms. The zero-order valence-electron chi connectivity index (χ0n) is 10.7. The van der Waals surface area contributed by atoms with Gasteiger partial charge in [-0.2, -0.15) is 0 Å². The largest absolute Gasteiger partial charge is 0.397 e. The molecule has 1 amide bonds. The summed E-state index contributed by atoms with van der Waals surface area (Å²) >= 11 is 5.79. The van der Waals surface area contributed by atoms with Crippen molar-refractivity contribution in [2.75, 3.05) is 17.7 Å². The van der Waals surface area contributed by atoms with Crippen LogP contribution in [0.5, 0.6) is 0 Å². The zero-order valence-corrected chi connectivity index (χ0v) is 11.5. The number of carbonyl (C=O) groups excluding carboxylic acids is 1. The lowest BCUT2D eigenvalue weighted by Gasteiger charge is -2.12. The molecule has 0 saturated carbocycles. The minimum absolute atomic E-state index is 0.0453. The van der Waals surface area contributed by atoms with Crippen molar-refractivity contribution < 1.29 is 9.53 Å². The molecule has 1 unspecified atom stereocenters. The molecule has 0 bridgehead atoms. The molecule has 0 aliphatic heterocycles. The SMILES string of the molecule is CCCC(C)OCC(=O)Nc1ccc(Cl)c(N)c1. The maximum Gasteiger partial charge on any atom is 0.250 e. The molecule has 0 fully saturated rings. The molecular weight excluding hydrogens is 252 g/mol. The smallest absolute Gasteiger partial charge is 0.250 e. The zero-order chi connectivity index (χ0) is 13.5. The average Bonchev–Trinajstić information content (AvgIpc) is 2.32. The fraction of sp³-hybridized carbons (Fsp3) is 0.462. The number of nitrogens with one attached hydrogen (secondary N) is 1. The highest BCUT2D eigenvalue weighted by molar-refractivity contribution is 6.33. The first-order chi connectivity index (χ1) is 8.52. The first kappa shape index (κ1) is 14.8. The molecule has 5 heteroatoms. The Hall–Kier alpha value is -1.26. The van der Waals surface area contributed by atoms with E-state index in [0.29, 0.717) is 16.4 Å². The number of nitrogens with two attached hydrogens (primary N) is 1. The molecular formula is C13H19ClN2O2. The molecule has 1 atom stereocenters. The average molecular weight is 271 g/mol. The second kappa shape index (κ2) is 7.24. The molecule has 0 spiro atoms. The van der Waals surface area contributed by atoms with E-state index in [2.05, 4.69) is 12.2 Å². The van der Waals surface area contributed by atoms with Crippen LogP contribution >= 0.6 is 11.6 Å². The summed E-state index contributed by atoms with van der Waals surface area (Å²) in [7, 11) is 0. The Bertz CT molecular complexity index is 410. The van der Waals surface area contributed by atoms with Crippen molar-refractivity contribution in [1.29, 1.82) is 0 Å². The number of anilines is 2. The third-order valence-electron chi connectivity index (χ3n) is 2.47. The summed E-state index contributed by atoms with van der Waals surface area (Å²) in [6, 6.07) is 4.97. The molecule has 1 rings (SSSR count).